The molecule has 0 saturated heterocycles. The number of nitrogens with zero attached hydrogens (tertiary/aromatic N) is 1. The van der Waals surface area contributed by atoms with E-state index in [9.17, 15) is 18.3 Å². The second-order valence-corrected chi connectivity index (χ2v) is 8.28. The second-order valence-electron chi connectivity index (χ2n) is 6.18. The van der Waals surface area contributed by atoms with E-state index in [0.29, 0.717) is 24.8 Å². The molecule has 6 nitrogen and oxygen atoms in total. The van der Waals surface area contributed by atoms with Gasteiger partial charge >= 0.3 is 5.97 Å². The molecule has 0 bridgehead atoms. The lowest BCUT2D eigenvalue weighted by atomic mass is 10.1. The van der Waals surface area contributed by atoms with Crippen LogP contribution in [-0.2, 0) is 14.6 Å². The lowest BCUT2D eigenvalue weighted by Crippen LogP contribution is -2.30. The van der Waals surface area contributed by atoms with Crippen molar-refractivity contribution in [1.82, 2.24) is 0 Å². The summed E-state index contributed by atoms with van der Waals surface area (Å²) in [5, 5.41) is 9.32. The minimum absolute atomic E-state index is 0.0542. The largest absolute Gasteiger partial charge is 0.480 e. The number of sulfone groups is 1. The van der Waals surface area contributed by atoms with Crippen LogP contribution in [0.1, 0.15) is 19.3 Å². The maximum Gasteiger partial charge on any atom is 0.322 e. The third kappa shape index (κ3) is 3.93. The Hall–Kier alpha value is -2.12. The molecular formula is C18H24N2O4S. The molecule has 0 heterocycles. The molecule has 0 unspecified atom stereocenters. The molecule has 0 aliphatic heterocycles. The van der Waals surface area contributed by atoms with Gasteiger partial charge in [-0.05, 0) is 31.5 Å². The molecule has 3 N–H and O–H groups in total. The van der Waals surface area contributed by atoms with Crippen molar-refractivity contribution in [2.45, 2.75) is 29.4 Å². The monoisotopic (exact) mass is 364 g/mol. The number of anilines is 1. The Balaban J connectivity index is 2.58. The fourth-order valence-corrected chi connectivity index (χ4v) is 4.74. The first-order valence-corrected chi connectivity index (χ1v) is 9.71. The lowest BCUT2D eigenvalue weighted by molar-refractivity contribution is -0.136. The number of hydrogen-bond donors (Lipinski definition) is 2. The van der Waals surface area contributed by atoms with Crippen LogP contribution in [0.15, 0.2) is 41.3 Å². The predicted molar refractivity (Wildman–Crippen MR) is 99.8 cm³/mol. The molecule has 0 aliphatic carbocycles. The van der Waals surface area contributed by atoms with Gasteiger partial charge in [-0.15, -0.1) is 0 Å². The summed E-state index contributed by atoms with van der Waals surface area (Å²) in [6.07, 6.45) is 1.11. The third-order valence-electron chi connectivity index (χ3n) is 4.22. The van der Waals surface area contributed by atoms with E-state index < -0.39 is 21.1 Å². The van der Waals surface area contributed by atoms with Gasteiger partial charge in [-0.2, -0.15) is 0 Å². The Morgan fingerprint density at radius 3 is 2.36 bits per heavy atom. The molecule has 7 heteroatoms. The molecule has 2 rings (SSSR count). The first kappa shape index (κ1) is 19.2. The van der Waals surface area contributed by atoms with Crippen molar-refractivity contribution >= 4 is 32.3 Å². The van der Waals surface area contributed by atoms with Crippen LogP contribution < -0.4 is 10.6 Å². The zero-order valence-corrected chi connectivity index (χ0v) is 15.3. The standard InChI is InChI=1S/C18H24N2O4S/c1-20(2)15-9-5-8-14-13(15)7-6-11-16(14)25(23,24)17(18(21)22)10-3-4-12-19/h5-9,11,17H,3-4,10,12,19H2,1-2H3,(H,21,22)/t17-/m1/s1. The highest BCUT2D eigenvalue weighted by Crippen LogP contribution is 2.32. The average Bonchev–Trinajstić information content (AvgIpc) is 2.56. The Bertz CT molecular complexity index is 863. The Labute approximate surface area is 148 Å². The number of hydrogen-bond acceptors (Lipinski definition) is 5. The van der Waals surface area contributed by atoms with E-state index in [1.54, 1.807) is 18.2 Å². The van der Waals surface area contributed by atoms with Gasteiger partial charge in [-0.1, -0.05) is 30.7 Å². The van der Waals surface area contributed by atoms with Crippen LogP contribution >= 0.6 is 0 Å². The van der Waals surface area contributed by atoms with Gasteiger partial charge in [-0.25, -0.2) is 8.42 Å². The van der Waals surface area contributed by atoms with E-state index in [-0.39, 0.29) is 11.3 Å². The normalized spacial score (nSPS) is 12.9. The number of fused-ring (bicyclic) bond motifs is 1. The summed E-state index contributed by atoms with van der Waals surface area (Å²) in [6.45, 7) is 0.410. The molecule has 25 heavy (non-hydrogen) atoms. The van der Waals surface area contributed by atoms with Crippen LogP contribution in [0.25, 0.3) is 10.8 Å². The zero-order valence-electron chi connectivity index (χ0n) is 14.5. The smallest absolute Gasteiger partial charge is 0.322 e. The van der Waals surface area contributed by atoms with Crippen molar-refractivity contribution in [1.29, 1.82) is 0 Å². The van der Waals surface area contributed by atoms with Gasteiger partial charge in [0.1, 0.15) is 0 Å². The summed E-state index contributed by atoms with van der Waals surface area (Å²) in [7, 11) is -0.253. The highest BCUT2D eigenvalue weighted by atomic mass is 32.2. The van der Waals surface area contributed by atoms with Gasteiger partial charge in [0.2, 0.25) is 0 Å². The van der Waals surface area contributed by atoms with E-state index in [4.69, 9.17) is 5.73 Å². The molecule has 2 aromatic rings. The molecular weight excluding hydrogens is 340 g/mol. The number of rotatable bonds is 8. The second kappa shape index (κ2) is 7.84. The topological polar surface area (TPSA) is 101 Å². The number of carboxylic acid groups (broad SMARTS) is 1. The van der Waals surface area contributed by atoms with E-state index in [1.807, 2.05) is 31.1 Å². The first-order chi connectivity index (χ1) is 11.8. The molecule has 0 saturated carbocycles. The fraction of sp³-hybridized carbons (Fsp3) is 0.389. The fourth-order valence-electron chi connectivity index (χ4n) is 2.94. The van der Waals surface area contributed by atoms with Gasteiger partial charge in [0.15, 0.2) is 15.1 Å². The van der Waals surface area contributed by atoms with Gasteiger partial charge < -0.3 is 15.7 Å². The van der Waals surface area contributed by atoms with Gasteiger partial charge in [0, 0.05) is 30.6 Å². The predicted octanol–water partition coefficient (Wildman–Crippen LogP) is 2.26. The van der Waals surface area contributed by atoms with E-state index >= 15 is 0 Å². The first-order valence-electron chi connectivity index (χ1n) is 8.16. The SMILES string of the molecule is CN(C)c1cccc2c(S(=O)(=O)[C@H](CCCCN)C(=O)O)cccc12. The highest BCUT2D eigenvalue weighted by molar-refractivity contribution is 7.93. The molecule has 0 spiro atoms. The van der Waals surface area contributed by atoms with Crippen LogP contribution in [0.4, 0.5) is 5.69 Å². The highest BCUT2D eigenvalue weighted by Gasteiger charge is 2.34. The molecule has 0 fully saturated rings. The lowest BCUT2D eigenvalue weighted by Gasteiger charge is -2.18. The summed E-state index contributed by atoms with van der Waals surface area (Å²) in [5.74, 6) is -1.32. The van der Waals surface area contributed by atoms with Crippen molar-refractivity contribution in [3.63, 3.8) is 0 Å². The number of carbonyl (C=O) groups is 1. The molecule has 0 aromatic heterocycles. The van der Waals surface area contributed by atoms with Gasteiger partial charge in [-0.3, -0.25) is 4.79 Å². The Morgan fingerprint density at radius 2 is 1.76 bits per heavy atom. The zero-order chi connectivity index (χ0) is 18.6. The number of nitrogens with two attached hydrogens (primary N) is 1. The minimum atomic E-state index is -4.01. The maximum atomic E-state index is 13.0. The van der Waals surface area contributed by atoms with Crippen molar-refractivity contribution in [2.75, 3.05) is 25.5 Å². The summed E-state index contributed by atoms with van der Waals surface area (Å²) >= 11 is 0. The van der Waals surface area contributed by atoms with Crippen LogP contribution in [0.2, 0.25) is 0 Å². The molecule has 0 amide bonds. The molecule has 1 atom stereocenters. The van der Waals surface area contributed by atoms with E-state index in [1.165, 1.54) is 6.07 Å². The average molecular weight is 364 g/mol. The van der Waals surface area contributed by atoms with Crippen molar-refractivity contribution in [2.24, 2.45) is 5.73 Å². The van der Waals surface area contributed by atoms with E-state index in [0.717, 1.165) is 11.1 Å². The van der Waals surface area contributed by atoms with Crippen LogP contribution in [0, 0.1) is 0 Å². The molecule has 0 aliphatic rings. The van der Waals surface area contributed by atoms with Crippen molar-refractivity contribution in [3.8, 4) is 0 Å². The van der Waals surface area contributed by atoms with Gasteiger partial charge in [0.05, 0.1) is 4.90 Å². The minimum Gasteiger partial charge on any atom is -0.480 e. The summed E-state index contributed by atoms with van der Waals surface area (Å²) in [6, 6.07) is 10.4. The number of carboxylic acids is 1. The van der Waals surface area contributed by atoms with E-state index in [2.05, 4.69) is 0 Å². The summed E-state index contributed by atoms with van der Waals surface area (Å²) < 4.78 is 26.1. The quantitative estimate of drug-likeness (QED) is 0.697. The van der Waals surface area contributed by atoms with Crippen LogP contribution in [0.5, 0.6) is 0 Å². The van der Waals surface area contributed by atoms with Crippen LogP contribution in [-0.4, -0.2) is 45.4 Å². The molecule has 0 radical (unpaired) electrons. The Kier molecular flexibility index (Phi) is 6.02. The van der Waals surface area contributed by atoms with Gasteiger partial charge in [0.25, 0.3) is 0 Å². The summed E-state index contributed by atoms with van der Waals surface area (Å²) in [4.78, 5) is 13.6. The molecule has 136 valence electrons. The number of unbranched alkanes of at least 4 members (excludes halogenated alkanes) is 1. The third-order valence-corrected chi connectivity index (χ3v) is 6.37. The number of aliphatic carboxylic acids is 1. The summed E-state index contributed by atoms with van der Waals surface area (Å²) in [5.41, 5.74) is 6.31. The Morgan fingerprint density at radius 1 is 1.12 bits per heavy atom. The number of benzene rings is 2. The van der Waals surface area contributed by atoms with Crippen molar-refractivity contribution < 1.29 is 18.3 Å². The van der Waals surface area contributed by atoms with Crippen LogP contribution in [0.3, 0.4) is 0 Å². The molecule has 2 aromatic carbocycles. The maximum absolute atomic E-state index is 13.0. The van der Waals surface area contributed by atoms with Crippen molar-refractivity contribution in [3.05, 3.63) is 36.4 Å².